The monoisotopic (exact) mass is 419 g/mol. The molecular weight excluding hydrogens is 382 g/mol. The van der Waals surface area contributed by atoms with Gasteiger partial charge in [0.05, 0.1) is 23.9 Å². The summed E-state index contributed by atoms with van der Waals surface area (Å²) in [6.07, 6.45) is 0.0186. The molecule has 2 N–H and O–H groups in total. The normalized spacial score (nSPS) is 17.1. The summed E-state index contributed by atoms with van der Waals surface area (Å²) in [5, 5.41) is 6.08. The summed E-state index contributed by atoms with van der Waals surface area (Å²) in [4.78, 5) is 18.4. The lowest BCUT2D eigenvalue weighted by molar-refractivity contribution is -0.128. The third kappa shape index (κ3) is 7.56. The molecule has 0 aromatic heterocycles. The molecule has 0 unspecified atom stereocenters. The lowest BCUT2D eigenvalue weighted by Crippen LogP contribution is -2.55. The quantitative estimate of drug-likeness (QED) is 0.406. The van der Waals surface area contributed by atoms with Crippen LogP contribution in [0.5, 0.6) is 0 Å². The average molecular weight is 420 g/mol. The number of rotatable bonds is 9. The van der Waals surface area contributed by atoms with Crippen molar-refractivity contribution in [1.82, 2.24) is 19.8 Å². The van der Waals surface area contributed by atoms with E-state index in [-0.39, 0.29) is 24.4 Å². The van der Waals surface area contributed by atoms with Gasteiger partial charge >= 0.3 is 0 Å². The molecule has 10 heteroatoms. The van der Waals surface area contributed by atoms with Gasteiger partial charge in [-0.15, -0.1) is 0 Å². The topological polar surface area (TPSA) is 103 Å². The van der Waals surface area contributed by atoms with E-state index >= 15 is 0 Å². The highest BCUT2D eigenvalue weighted by Gasteiger charge is 2.30. The molecule has 9 nitrogen and oxygen atoms in total. The maximum absolute atomic E-state index is 12.4. The number of nitrogens with zero attached hydrogens (tertiary/aromatic N) is 3. The standard InChI is InChI=1S/C18H37N5O4S/c1-7-20-16(24)18(4,5)14-21-17(19-6)22-8-10-23(11-9-22)28(25,26)13-12-27-15(2)3/h15H,7-14H2,1-6H3,(H,19,21)(H,20,24). The first-order valence-electron chi connectivity index (χ1n) is 9.86. The van der Waals surface area contributed by atoms with Gasteiger partial charge in [0.1, 0.15) is 0 Å². The molecule has 1 aliphatic heterocycles. The predicted molar refractivity (Wildman–Crippen MR) is 112 cm³/mol. The molecule has 0 aromatic carbocycles. The van der Waals surface area contributed by atoms with Crippen molar-refractivity contribution >= 4 is 21.9 Å². The molecule has 0 aliphatic carbocycles. The van der Waals surface area contributed by atoms with Crippen molar-refractivity contribution in [2.75, 3.05) is 58.7 Å². The number of guanidine groups is 1. The highest BCUT2D eigenvalue weighted by molar-refractivity contribution is 7.89. The minimum Gasteiger partial charge on any atom is -0.378 e. The third-order valence-corrected chi connectivity index (χ3v) is 6.41. The van der Waals surface area contributed by atoms with Crippen molar-refractivity contribution in [2.24, 2.45) is 10.4 Å². The first-order valence-corrected chi connectivity index (χ1v) is 11.5. The number of amides is 1. The number of carbonyl (C=O) groups is 1. The maximum atomic E-state index is 12.4. The van der Waals surface area contributed by atoms with Crippen LogP contribution in [-0.4, -0.2) is 94.3 Å². The van der Waals surface area contributed by atoms with Gasteiger partial charge in [-0.2, -0.15) is 4.31 Å². The van der Waals surface area contributed by atoms with E-state index in [0.29, 0.717) is 45.2 Å². The summed E-state index contributed by atoms with van der Waals surface area (Å²) in [5.41, 5.74) is -0.576. The molecule has 0 spiro atoms. The summed E-state index contributed by atoms with van der Waals surface area (Å²) < 4.78 is 31.8. The van der Waals surface area contributed by atoms with E-state index < -0.39 is 15.4 Å². The molecule has 28 heavy (non-hydrogen) atoms. The van der Waals surface area contributed by atoms with Gasteiger partial charge in [0.25, 0.3) is 0 Å². The Balaban J connectivity index is 2.55. The molecule has 1 rings (SSSR count). The van der Waals surface area contributed by atoms with Gasteiger partial charge < -0.3 is 20.3 Å². The van der Waals surface area contributed by atoms with E-state index in [0.717, 1.165) is 0 Å². The molecule has 164 valence electrons. The van der Waals surface area contributed by atoms with Crippen LogP contribution in [0.1, 0.15) is 34.6 Å². The lowest BCUT2D eigenvalue weighted by Gasteiger charge is -2.36. The number of nitrogens with one attached hydrogen (secondary N) is 2. The summed E-state index contributed by atoms with van der Waals surface area (Å²) in [6.45, 7) is 12.6. The summed E-state index contributed by atoms with van der Waals surface area (Å²) in [5.74, 6) is 0.661. The van der Waals surface area contributed by atoms with E-state index in [1.807, 2.05) is 39.5 Å². The summed E-state index contributed by atoms with van der Waals surface area (Å²) in [7, 11) is -1.63. The fourth-order valence-electron chi connectivity index (χ4n) is 2.81. The van der Waals surface area contributed by atoms with Crippen LogP contribution in [0.2, 0.25) is 0 Å². The molecule has 0 aromatic rings. The van der Waals surface area contributed by atoms with Gasteiger partial charge in [-0.25, -0.2) is 8.42 Å². The highest BCUT2D eigenvalue weighted by atomic mass is 32.2. The second-order valence-corrected chi connectivity index (χ2v) is 9.85. The van der Waals surface area contributed by atoms with Crippen LogP contribution < -0.4 is 10.6 Å². The van der Waals surface area contributed by atoms with Crippen molar-refractivity contribution < 1.29 is 17.9 Å². The molecule has 0 bridgehead atoms. The van der Waals surface area contributed by atoms with E-state index in [1.165, 1.54) is 4.31 Å². The molecule has 1 amide bonds. The number of carbonyl (C=O) groups excluding carboxylic acids is 1. The fraction of sp³-hybridized carbons (Fsp3) is 0.889. The number of aliphatic imine (C=N–C) groups is 1. The largest absolute Gasteiger partial charge is 0.378 e. The average Bonchev–Trinajstić information content (AvgIpc) is 2.62. The van der Waals surface area contributed by atoms with Crippen molar-refractivity contribution in [2.45, 2.75) is 40.7 Å². The van der Waals surface area contributed by atoms with Gasteiger partial charge in [-0.3, -0.25) is 9.79 Å². The molecule has 1 fully saturated rings. The van der Waals surface area contributed by atoms with Crippen molar-refractivity contribution in [3.8, 4) is 0 Å². The van der Waals surface area contributed by atoms with E-state index in [9.17, 15) is 13.2 Å². The maximum Gasteiger partial charge on any atom is 0.227 e. The molecule has 0 atom stereocenters. The number of hydrogen-bond acceptors (Lipinski definition) is 5. The zero-order valence-electron chi connectivity index (χ0n) is 18.1. The molecule has 1 saturated heterocycles. The van der Waals surface area contributed by atoms with Crippen LogP contribution in [-0.2, 0) is 19.6 Å². The van der Waals surface area contributed by atoms with Crippen LogP contribution >= 0.6 is 0 Å². The molecule has 1 aliphatic rings. The zero-order chi connectivity index (χ0) is 21.4. The number of hydrogen-bond donors (Lipinski definition) is 2. The Hall–Kier alpha value is -1.39. The van der Waals surface area contributed by atoms with E-state index in [2.05, 4.69) is 15.6 Å². The van der Waals surface area contributed by atoms with Crippen molar-refractivity contribution in [3.63, 3.8) is 0 Å². The SMILES string of the molecule is CCNC(=O)C(C)(C)CNC(=NC)N1CCN(S(=O)(=O)CCOC(C)C)CC1. The number of ether oxygens (including phenoxy) is 1. The summed E-state index contributed by atoms with van der Waals surface area (Å²) in [6, 6.07) is 0. The second-order valence-electron chi connectivity index (χ2n) is 7.77. The number of piperazine rings is 1. The second kappa shape index (κ2) is 11.0. The van der Waals surface area contributed by atoms with Crippen LogP contribution in [0.4, 0.5) is 0 Å². The van der Waals surface area contributed by atoms with Gasteiger partial charge in [0.15, 0.2) is 5.96 Å². The van der Waals surface area contributed by atoms with Crippen LogP contribution in [0.25, 0.3) is 0 Å². The minimum absolute atomic E-state index is 0.00111. The van der Waals surface area contributed by atoms with E-state index in [4.69, 9.17) is 4.74 Å². The van der Waals surface area contributed by atoms with Gasteiger partial charge in [0.2, 0.25) is 15.9 Å². The number of sulfonamides is 1. The Labute approximate surface area is 169 Å². The van der Waals surface area contributed by atoms with Crippen molar-refractivity contribution in [3.05, 3.63) is 0 Å². The van der Waals surface area contributed by atoms with Crippen LogP contribution in [0.15, 0.2) is 4.99 Å². The molecule has 0 saturated carbocycles. The van der Waals surface area contributed by atoms with Crippen molar-refractivity contribution in [1.29, 1.82) is 0 Å². The van der Waals surface area contributed by atoms with Crippen LogP contribution in [0.3, 0.4) is 0 Å². The zero-order valence-corrected chi connectivity index (χ0v) is 18.9. The van der Waals surface area contributed by atoms with Crippen LogP contribution in [0, 0.1) is 5.41 Å². The smallest absolute Gasteiger partial charge is 0.227 e. The third-order valence-electron chi connectivity index (χ3n) is 4.58. The van der Waals surface area contributed by atoms with Gasteiger partial charge in [0, 0.05) is 46.3 Å². The Morgan fingerprint density at radius 1 is 1.18 bits per heavy atom. The molecular formula is C18H37N5O4S. The van der Waals surface area contributed by atoms with Gasteiger partial charge in [-0.05, 0) is 34.6 Å². The van der Waals surface area contributed by atoms with Gasteiger partial charge in [-0.1, -0.05) is 0 Å². The molecule has 1 heterocycles. The first-order chi connectivity index (χ1) is 13.0. The Morgan fingerprint density at radius 2 is 1.79 bits per heavy atom. The summed E-state index contributed by atoms with van der Waals surface area (Å²) >= 11 is 0. The van der Waals surface area contributed by atoms with E-state index in [1.54, 1.807) is 7.05 Å². The Morgan fingerprint density at radius 3 is 2.29 bits per heavy atom. The highest BCUT2D eigenvalue weighted by Crippen LogP contribution is 2.14. The first kappa shape index (κ1) is 24.6. The predicted octanol–water partition coefficient (Wildman–Crippen LogP) is 0.0965. The Bertz CT molecular complexity index is 626. The lowest BCUT2D eigenvalue weighted by atomic mass is 9.92. The minimum atomic E-state index is -3.32. The fourth-order valence-corrected chi connectivity index (χ4v) is 4.09. The molecule has 0 radical (unpaired) electrons. The Kier molecular flexibility index (Phi) is 9.65.